The highest BCUT2D eigenvalue weighted by atomic mass is 16.5. The molecule has 0 aliphatic carbocycles. The number of methoxy groups -OCH3 is 3. The Morgan fingerprint density at radius 2 is 1.70 bits per heavy atom. The van der Waals surface area contributed by atoms with Crippen molar-refractivity contribution in [3.05, 3.63) is 48.0 Å². The molecule has 7 nitrogen and oxygen atoms in total. The smallest absolute Gasteiger partial charge is 0.251 e. The van der Waals surface area contributed by atoms with E-state index in [4.69, 9.17) is 14.2 Å². The van der Waals surface area contributed by atoms with Gasteiger partial charge < -0.3 is 24.4 Å². The molecule has 7 heteroatoms. The van der Waals surface area contributed by atoms with Crippen LogP contribution in [0.4, 0.5) is 5.69 Å². The monoisotopic (exact) mass is 370 g/mol. The number of benzene rings is 2. The van der Waals surface area contributed by atoms with E-state index < -0.39 is 0 Å². The summed E-state index contributed by atoms with van der Waals surface area (Å²) in [7, 11) is 4.65. The Morgan fingerprint density at radius 1 is 1.00 bits per heavy atom. The van der Waals surface area contributed by atoms with Crippen LogP contribution in [0.3, 0.4) is 0 Å². The Bertz CT molecular complexity index is 835. The van der Waals surface area contributed by atoms with Gasteiger partial charge in [0.25, 0.3) is 5.91 Å². The number of nitrogens with one attached hydrogen (secondary N) is 1. The first-order chi connectivity index (χ1) is 13.0. The minimum Gasteiger partial charge on any atom is -0.497 e. The Labute approximate surface area is 157 Å². The van der Waals surface area contributed by atoms with Crippen LogP contribution < -0.4 is 24.4 Å². The number of rotatable bonds is 6. The average molecular weight is 370 g/mol. The molecule has 2 aromatic rings. The molecule has 1 fully saturated rings. The van der Waals surface area contributed by atoms with Crippen molar-refractivity contribution < 1.29 is 23.8 Å². The highest BCUT2D eigenvalue weighted by Gasteiger charge is 2.31. The van der Waals surface area contributed by atoms with E-state index in [-0.39, 0.29) is 24.3 Å². The largest absolute Gasteiger partial charge is 0.497 e. The molecule has 3 rings (SSSR count). The SMILES string of the molecule is COc1ccc(N2C[C@@H](NC(=O)c3ccc(OC)c(OC)c3)CC2=O)cc1. The molecule has 1 saturated heterocycles. The summed E-state index contributed by atoms with van der Waals surface area (Å²) < 4.78 is 15.5. The molecule has 0 unspecified atom stereocenters. The van der Waals surface area contributed by atoms with Crippen molar-refractivity contribution in [2.75, 3.05) is 32.8 Å². The summed E-state index contributed by atoms with van der Waals surface area (Å²) in [6, 6.07) is 12.0. The van der Waals surface area contributed by atoms with Crippen molar-refractivity contribution in [1.82, 2.24) is 5.32 Å². The number of amides is 2. The van der Waals surface area contributed by atoms with Crippen molar-refractivity contribution in [3.63, 3.8) is 0 Å². The molecule has 1 heterocycles. The Hall–Kier alpha value is -3.22. The van der Waals surface area contributed by atoms with E-state index in [0.717, 1.165) is 11.4 Å². The van der Waals surface area contributed by atoms with Gasteiger partial charge in [0.15, 0.2) is 11.5 Å². The second kappa shape index (κ2) is 7.99. The van der Waals surface area contributed by atoms with Gasteiger partial charge in [-0.3, -0.25) is 9.59 Å². The van der Waals surface area contributed by atoms with Gasteiger partial charge >= 0.3 is 0 Å². The number of carbonyl (C=O) groups excluding carboxylic acids is 2. The van der Waals surface area contributed by atoms with Crippen LogP contribution in [-0.4, -0.2) is 45.7 Å². The van der Waals surface area contributed by atoms with Gasteiger partial charge in [-0.15, -0.1) is 0 Å². The molecule has 2 amide bonds. The predicted molar refractivity (Wildman–Crippen MR) is 101 cm³/mol. The van der Waals surface area contributed by atoms with Crippen LogP contribution in [-0.2, 0) is 4.79 Å². The highest BCUT2D eigenvalue weighted by molar-refractivity contribution is 5.99. The normalized spacial score (nSPS) is 16.2. The summed E-state index contributed by atoms with van der Waals surface area (Å²) in [6.07, 6.45) is 0.255. The molecule has 27 heavy (non-hydrogen) atoms. The fourth-order valence-electron chi connectivity index (χ4n) is 3.06. The lowest BCUT2D eigenvalue weighted by Crippen LogP contribution is -2.37. The predicted octanol–water partition coefficient (Wildman–Crippen LogP) is 2.25. The van der Waals surface area contributed by atoms with E-state index in [1.54, 1.807) is 42.3 Å². The van der Waals surface area contributed by atoms with E-state index in [1.807, 2.05) is 12.1 Å². The first-order valence-corrected chi connectivity index (χ1v) is 8.53. The van der Waals surface area contributed by atoms with Gasteiger partial charge in [-0.25, -0.2) is 0 Å². The van der Waals surface area contributed by atoms with Gasteiger partial charge in [0, 0.05) is 24.2 Å². The third kappa shape index (κ3) is 3.97. The summed E-state index contributed by atoms with van der Waals surface area (Å²) in [6.45, 7) is 0.421. The summed E-state index contributed by atoms with van der Waals surface area (Å²) in [5, 5.41) is 2.91. The summed E-state index contributed by atoms with van der Waals surface area (Å²) in [5.41, 5.74) is 1.23. The third-order valence-electron chi connectivity index (χ3n) is 4.49. The molecule has 0 aromatic heterocycles. The molecule has 1 atom stereocenters. The van der Waals surface area contributed by atoms with Crippen LogP contribution in [0.15, 0.2) is 42.5 Å². The van der Waals surface area contributed by atoms with Crippen molar-refractivity contribution in [2.24, 2.45) is 0 Å². The quantitative estimate of drug-likeness (QED) is 0.844. The van der Waals surface area contributed by atoms with Crippen LogP contribution in [0.5, 0.6) is 17.2 Å². The second-order valence-electron chi connectivity index (χ2n) is 6.15. The highest BCUT2D eigenvalue weighted by Crippen LogP contribution is 2.28. The summed E-state index contributed by atoms with van der Waals surface area (Å²) in [5.74, 6) is 1.47. The van der Waals surface area contributed by atoms with Crippen molar-refractivity contribution >= 4 is 17.5 Å². The van der Waals surface area contributed by atoms with E-state index in [1.165, 1.54) is 14.2 Å². The summed E-state index contributed by atoms with van der Waals surface area (Å²) >= 11 is 0. The van der Waals surface area contributed by atoms with E-state index in [9.17, 15) is 9.59 Å². The molecular weight excluding hydrogens is 348 g/mol. The Morgan fingerprint density at radius 3 is 2.33 bits per heavy atom. The maximum absolute atomic E-state index is 12.5. The molecule has 0 saturated carbocycles. The zero-order valence-electron chi connectivity index (χ0n) is 15.5. The zero-order chi connectivity index (χ0) is 19.4. The second-order valence-corrected chi connectivity index (χ2v) is 6.15. The topological polar surface area (TPSA) is 77.1 Å². The molecule has 1 aliphatic rings. The average Bonchev–Trinajstić information content (AvgIpc) is 3.07. The number of hydrogen-bond acceptors (Lipinski definition) is 5. The number of ether oxygens (including phenoxy) is 3. The fraction of sp³-hybridized carbons (Fsp3) is 0.300. The van der Waals surface area contributed by atoms with Gasteiger partial charge in [-0.2, -0.15) is 0 Å². The van der Waals surface area contributed by atoms with E-state index >= 15 is 0 Å². The molecule has 2 aromatic carbocycles. The lowest BCUT2D eigenvalue weighted by atomic mass is 10.1. The third-order valence-corrected chi connectivity index (χ3v) is 4.49. The summed E-state index contributed by atoms with van der Waals surface area (Å²) in [4.78, 5) is 26.6. The van der Waals surface area contributed by atoms with E-state index in [2.05, 4.69) is 5.32 Å². The number of nitrogens with zero attached hydrogens (tertiary/aromatic N) is 1. The minimum atomic E-state index is -0.264. The van der Waals surface area contributed by atoms with Crippen LogP contribution in [0.1, 0.15) is 16.8 Å². The molecule has 0 radical (unpaired) electrons. The number of anilines is 1. The number of hydrogen-bond donors (Lipinski definition) is 1. The lowest BCUT2D eigenvalue weighted by molar-refractivity contribution is -0.117. The van der Waals surface area contributed by atoms with Gasteiger partial charge in [0.1, 0.15) is 5.75 Å². The van der Waals surface area contributed by atoms with Crippen LogP contribution >= 0.6 is 0 Å². The Balaban J connectivity index is 1.67. The molecule has 142 valence electrons. The first kappa shape index (κ1) is 18.6. The lowest BCUT2D eigenvalue weighted by Gasteiger charge is -2.18. The molecular formula is C20H22N2O5. The molecule has 0 bridgehead atoms. The minimum absolute atomic E-state index is 0.0298. The maximum Gasteiger partial charge on any atom is 0.251 e. The number of carbonyl (C=O) groups is 2. The van der Waals surface area contributed by atoms with Crippen molar-refractivity contribution in [1.29, 1.82) is 0 Å². The fourth-order valence-corrected chi connectivity index (χ4v) is 3.06. The van der Waals surface area contributed by atoms with Gasteiger partial charge in [-0.1, -0.05) is 0 Å². The van der Waals surface area contributed by atoms with Crippen molar-refractivity contribution in [3.8, 4) is 17.2 Å². The standard InChI is InChI=1S/C20H22N2O5/c1-25-16-7-5-15(6-8-16)22-12-14(11-19(22)23)21-20(24)13-4-9-17(26-2)18(10-13)27-3/h4-10,14H,11-12H2,1-3H3,(H,21,24)/t14-/m0/s1. The zero-order valence-corrected chi connectivity index (χ0v) is 15.5. The van der Waals surface area contributed by atoms with Gasteiger partial charge in [-0.05, 0) is 42.5 Å². The van der Waals surface area contributed by atoms with Crippen molar-refractivity contribution in [2.45, 2.75) is 12.5 Å². The maximum atomic E-state index is 12.5. The van der Waals surface area contributed by atoms with Gasteiger partial charge in [0.2, 0.25) is 5.91 Å². The van der Waals surface area contributed by atoms with Crippen LogP contribution in [0.25, 0.3) is 0 Å². The first-order valence-electron chi connectivity index (χ1n) is 8.53. The molecule has 1 N–H and O–H groups in total. The van der Waals surface area contributed by atoms with Gasteiger partial charge in [0.05, 0.1) is 27.4 Å². The molecule has 1 aliphatic heterocycles. The molecule has 0 spiro atoms. The van der Waals surface area contributed by atoms with Crippen LogP contribution in [0, 0.1) is 0 Å². The Kier molecular flexibility index (Phi) is 5.49. The van der Waals surface area contributed by atoms with E-state index in [0.29, 0.717) is 23.6 Å². The van der Waals surface area contributed by atoms with Crippen LogP contribution in [0.2, 0.25) is 0 Å².